The number of carbonyl (C=O) groups excluding carboxylic acids is 1. The number of allylic oxidation sites excluding steroid dienone is 1. The lowest BCUT2D eigenvalue weighted by molar-refractivity contribution is 0.143. The molecule has 0 radical (unpaired) electrons. The summed E-state index contributed by atoms with van der Waals surface area (Å²) in [4.78, 5) is 25.4. The number of urea groups is 1. The largest absolute Gasteiger partial charge is 0.438 e. The number of nitrogens with one attached hydrogen (secondary N) is 1. The molecule has 2 aliphatic rings. The molecule has 1 aromatic carbocycles. The maximum Gasteiger partial charge on any atom is 0.321 e. The van der Waals surface area contributed by atoms with E-state index in [-0.39, 0.29) is 6.03 Å². The molecule has 2 aromatic heterocycles. The standard InChI is InChI=1S/C26H24N6O2/c27-16-21-6-3-9-28-25(21)34-23-7-1-4-19(14-23)18-31-10-12-32(13-11-31)26(33)30-22-15-20-5-2-8-24(20)29-17-22/h1-7,9,14-15,17H,8,10-13,18H2,(H,30,33). The number of anilines is 1. The van der Waals surface area contributed by atoms with Gasteiger partial charge in [0.1, 0.15) is 17.4 Å². The molecule has 1 aliphatic heterocycles. The van der Waals surface area contributed by atoms with Gasteiger partial charge in [-0.25, -0.2) is 9.78 Å². The van der Waals surface area contributed by atoms with Crippen molar-refractivity contribution in [2.24, 2.45) is 0 Å². The van der Waals surface area contributed by atoms with Gasteiger partial charge in [0, 0.05) is 45.3 Å². The van der Waals surface area contributed by atoms with E-state index in [2.05, 4.69) is 32.3 Å². The monoisotopic (exact) mass is 452 g/mol. The number of carbonyl (C=O) groups is 1. The molecule has 1 saturated heterocycles. The molecular weight excluding hydrogens is 428 g/mol. The van der Waals surface area contributed by atoms with Crippen molar-refractivity contribution in [1.82, 2.24) is 19.8 Å². The fourth-order valence-corrected chi connectivity index (χ4v) is 4.14. The van der Waals surface area contributed by atoms with Crippen LogP contribution < -0.4 is 10.1 Å². The second-order valence-electron chi connectivity index (χ2n) is 8.28. The number of amides is 2. The first-order valence-corrected chi connectivity index (χ1v) is 11.2. The van der Waals surface area contributed by atoms with Gasteiger partial charge in [0.05, 0.1) is 17.6 Å². The molecule has 170 valence electrons. The number of piperazine rings is 1. The smallest absolute Gasteiger partial charge is 0.321 e. The van der Waals surface area contributed by atoms with Gasteiger partial charge in [-0.3, -0.25) is 9.88 Å². The number of ether oxygens (including phenoxy) is 1. The molecule has 0 atom stereocenters. The summed E-state index contributed by atoms with van der Waals surface area (Å²) in [6.45, 7) is 3.62. The first kappa shape index (κ1) is 21.6. The summed E-state index contributed by atoms with van der Waals surface area (Å²) in [6.07, 6.45) is 8.29. The van der Waals surface area contributed by atoms with Crippen LogP contribution in [0.1, 0.15) is 22.4 Å². The number of rotatable bonds is 5. The SMILES string of the molecule is N#Cc1cccnc1Oc1cccc(CN2CCN(C(=O)Nc3cnc4c(c3)C=CC4)CC2)c1. The van der Waals surface area contributed by atoms with E-state index in [1.807, 2.05) is 41.3 Å². The highest BCUT2D eigenvalue weighted by molar-refractivity contribution is 5.89. The zero-order valence-electron chi connectivity index (χ0n) is 18.6. The summed E-state index contributed by atoms with van der Waals surface area (Å²) >= 11 is 0. The lowest BCUT2D eigenvalue weighted by Gasteiger charge is -2.34. The van der Waals surface area contributed by atoms with Crippen LogP contribution in [0.3, 0.4) is 0 Å². The molecule has 0 bridgehead atoms. The van der Waals surface area contributed by atoms with E-state index in [0.29, 0.717) is 30.3 Å². The second kappa shape index (κ2) is 9.73. The predicted molar refractivity (Wildman–Crippen MR) is 128 cm³/mol. The number of pyridine rings is 2. The van der Waals surface area contributed by atoms with Crippen LogP contribution in [0.4, 0.5) is 10.5 Å². The normalized spacial score (nSPS) is 15.0. The van der Waals surface area contributed by atoms with Crippen LogP contribution in [0.15, 0.2) is 60.9 Å². The van der Waals surface area contributed by atoms with Crippen molar-refractivity contribution in [2.45, 2.75) is 13.0 Å². The zero-order chi connectivity index (χ0) is 23.3. The van der Waals surface area contributed by atoms with E-state index in [4.69, 9.17) is 4.74 Å². The topological polar surface area (TPSA) is 94.4 Å². The highest BCUT2D eigenvalue weighted by Crippen LogP contribution is 2.24. The summed E-state index contributed by atoms with van der Waals surface area (Å²) in [5, 5.41) is 12.2. The summed E-state index contributed by atoms with van der Waals surface area (Å²) in [5.41, 5.74) is 4.34. The first-order valence-electron chi connectivity index (χ1n) is 11.2. The van der Waals surface area contributed by atoms with Crippen molar-refractivity contribution < 1.29 is 9.53 Å². The van der Waals surface area contributed by atoms with Gasteiger partial charge in [-0.15, -0.1) is 0 Å². The third-order valence-corrected chi connectivity index (χ3v) is 5.93. The number of benzene rings is 1. The van der Waals surface area contributed by atoms with E-state index in [0.717, 1.165) is 48.6 Å². The van der Waals surface area contributed by atoms with E-state index >= 15 is 0 Å². The lowest BCUT2D eigenvalue weighted by atomic mass is 10.2. The van der Waals surface area contributed by atoms with Crippen LogP contribution in [0.2, 0.25) is 0 Å². The Bertz CT molecular complexity index is 1270. The minimum atomic E-state index is -0.0950. The van der Waals surface area contributed by atoms with Crippen LogP contribution in [0, 0.1) is 11.3 Å². The number of nitriles is 1. The molecule has 8 nitrogen and oxygen atoms in total. The molecule has 0 saturated carbocycles. The molecule has 3 aromatic rings. The molecule has 1 N–H and O–H groups in total. The average molecular weight is 453 g/mol. The van der Waals surface area contributed by atoms with Gasteiger partial charge in [-0.05, 0) is 41.5 Å². The highest BCUT2D eigenvalue weighted by Gasteiger charge is 2.22. The third-order valence-electron chi connectivity index (χ3n) is 5.93. The van der Waals surface area contributed by atoms with Crippen LogP contribution in [-0.2, 0) is 13.0 Å². The molecule has 1 fully saturated rings. The summed E-state index contributed by atoms with van der Waals surface area (Å²) in [6, 6.07) is 15.2. The summed E-state index contributed by atoms with van der Waals surface area (Å²) in [7, 11) is 0. The molecule has 2 amide bonds. The molecule has 34 heavy (non-hydrogen) atoms. The number of nitrogens with zero attached hydrogens (tertiary/aromatic N) is 5. The summed E-state index contributed by atoms with van der Waals surface area (Å²) in [5.74, 6) is 0.944. The molecule has 8 heteroatoms. The van der Waals surface area contributed by atoms with Crippen molar-refractivity contribution in [3.8, 4) is 17.7 Å². The minimum absolute atomic E-state index is 0.0950. The molecule has 0 spiro atoms. The maximum absolute atomic E-state index is 12.7. The van der Waals surface area contributed by atoms with Crippen LogP contribution in [0.25, 0.3) is 6.08 Å². The van der Waals surface area contributed by atoms with Gasteiger partial charge in [0.2, 0.25) is 5.88 Å². The lowest BCUT2D eigenvalue weighted by Crippen LogP contribution is -2.49. The predicted octanol–water partition coefficient (Wildman–Crippen LogP) is 4.06. The molecule has 1 aliphatic carbocycles. The Morgan fingerprint density at radius 2 is 2.00 bits per heavy atom. The van der Waals surface area contributed by atoms with E-state index in [9.17, 15) is 10.1 Å². The Labute approximate surface area is 198 Å². The van der Waals surface area contributed by atoms with E-state index < -0.39 is 0 Å². The first-order chi connectivity index (χ1) is 16.7. The summed E-state index contributed by atoms with van der Waals surface area (Å²) < 4.78 is 5.84. The van der Waals surface area contributed by atoms with Crippen LogP contribution in [0.5, 0.6) is 11.6 Å². The Balaban J connectivity index is 1.14. The van der Waals surface area contributed by atoms with Gasteiger partial charge in [-0.2, -0.15) is 5.26 Å². The maximum atomic E-state index is 12.7. The zero-order valence-corrected chi connectivity index (χ0v) is 18.6. The van der Waals surface area contributed by atoms with Gasteiger partial charge in [-0.1, -0.05) is 24.3 Å². The number of aromatic nitrogens is 2. The fourth-order valence-electron chi connectivity index (χ4n) is 4.14. The third kappa shape index (κ3) is 4.90. The second-order valence-corrected chi connectivity index (χ2v) is 8.28. The number of fused-ring (bicyclic) bond motifs is 1. The van der Waals surface area contributed by atoms with Gasteiger partial charge < -0.3 is 15.0 Å². The van der Waals surface area contributed by atoms with E-state index in [1.54, 1.807) is 24.5 Å². The molecule has 5 rings (SSSR count). The Hall–Kier alpha value is -4.22. The van der Waals surface area contributed by atoms with Crippen molar-refractivity contribution in [3.05, 3.63) is 83.3 Å². The van der Waals surface area contributed by atoms with Gasteiger partial charge >= 0.3 is 6.03 Å². The van der Waals surface area contributed by atoms with E-state index in [1.165, 1.54) is 0 Å². The van der Waals surface area contributed by atoms with Crippen LogP contribution >= 0.6 is 0 Å². The Morgan fingerprint density at radius 3 is 2.85 bits per heavy atom. The van der Waals surface area contributed by atoms with Gasteiger partial charge in [0.25, 0.3) is 0 Å². The highest BCUT2D eigenvalue weighted by atomic mass is 16.5. The van der Waals surface area contributed by atoms with Crippen molar-refractivity contribution in [3.63, 3.8) is 0 Å². The Morgan fingerprint density at radius 1 is 1.12 bits per heavy atom. The molecular formula is C26H24N6O2. The molecule has 3 heterocycles. The van der Waals surface area contributed by atoms with Crippen molar-refractivity contribution in [1.29, 1.82) is 5.26 Å². The fraction of sp³-hybridized carbons (Fsp3) is 0.231. The van der Waals surface area contributed by atoms with Crippen molar-refractivity contribution >= 4 is 17.8 Å². The van der Waals surface area contributed by atoms with Crippen LogP contribution in [-0.4, -0.2) is 52.0 Å². The average Bonchev–Trinajstić information content (AvgIpc) is 3.33. The number of hydrogen-bond donors (Lipinski definition) is 1. The quantitative estimate of drug-likeness (QED) is 0.627. The van der Waals surface area contributed by atoms with Crippen molar-refractivity contribution in [2.75, 3.05) is 31.5 Å². The van der Waals surface area contributed by atoms with Gasteiger partial charge in [0.15, 0.2) is 0 Å². The number of hydrogen-bond acceptors (Lipinski definition) is 6. The molecule has 0 unspecified atom stereocenters. The minimum Gasteiger partial charge on any atom is -0.438 e. The Kier molecular flexibility index (Phi) is 6.19.